The molecule has 0 radical (unpaired) electrons. The highest BCUT2D eigenvalue weighted by Gasteiger charge is 2.25. The topological polar surface area (TPSA) is 49.9 Å². The zero-order valence-electron chi connectivity index (χ0n) is 17.7. The molecule has 0 aromatic heterocycles. The van der Waals surface area contributed by atoms with Crippen LogP contribution in [0.3, 0.4) is 0 Å². The molecule has 150 valence electrons. The largest absolute Gasteiger partial charge is 0.496 e. The Morgan fingerprint density at radius 2 is 1.56 bits per heavy atom. The van der Waals surface area contributed by atoms with Gasteiger partial charge < -0.3 is 14.5 Å². The predicted molar refractivity (Wildman–Crippen MR) is 108 cm³/mol. The van der Waals surface area contributed by atoms with Crippen molar-refractivity contribution in [1.82, 2.24) is 9.80 Å². The first-order valence-electron chi connectivity index (χ1n) is 9.81. The van der Waals surface area contributed by atoms with Crippen LogP contribution in [-0.4, -0.2) is 54.9 Å². The molecule has 0 atom stereocenters. The molecule has 1 aliphatic heterocycles. The lowest BCUT2D eigenvalue weighted by atomic mass is 9.91. The number of amides is 2. The quantitative estimate of drug-likeness (QED) is 0.812. The fourth-order valence-electron chi connectivity index (χ4n) is 3.52. The highest BCUT2D eigenvalue weighted by Crippen LogP contribution is 2.25. The van der Waals surface area contributed by atoms with E-state index in [1.54, 1.807) is 7.11 Å². The molecule has 5 heteroatoms. The van der Waals surface area contributed by atoms with Crippen LogP contribution in [-0.2, 0) is 16.0 Å². The number of methoxy groups -OCH3 is 1. The number of nitrogens with zero attached hydrogens (tertiary/aromatic N) is 2. The predicted octanol–water partition coefficient (Wildman–Crippen LogP) is 3.35. The second-order valence-corrected chi connectivity index (χ2v) is 8.71. The van der Waals surface area contributed by atoms with Crippen LogP contribution in [0.25, 0.3) is 0 Å². The second kappa shape index (κ2) is 8.77. The van der Waals surface area contributed by atoms with E-state index in [4.69, 9.17) is 4.74 Å². The van der Waals surface area contributed by atoms with Crippen LogP contribution in [0.1, 0.15) is 50.3 Å². The summed E-state index contributed by atoms with van der Waals surface area (Å²) in [6, 6.07) is 3.91. The van der Waals surface area contributed by atoms with Gasteiger partial charge in [0, 0.05) is 32.6 Å². The summed E-state index contributed by atoms with van der Waals surface area (Å²) in [5.74, 6) is 1.18. The van der Waals surface area contributed by atoms with Gasteiger partial charge in [-0.15, -0.1) is 0 Å². The number of carbonyl (C=O) groups excluding carboxylic acids is 2. The number of ether oxygens (including phenoxy) is 1. The molecule has 1 aliphatic rings. The highest BCUT2D eigenvalue weighted by molar-refractivity contribution is 5.80. The normalized spacial score (nSPS) is 15.5. The van der Waals surface area contributed by atoms with Gasteiger partial charge in [0.25, 0.3) is 0 Å². The van der Waals surface area contributed by atoms with E-state index in [1.807, 2.05) is 35.8 Å². The average molecular weight is 375 g/mol. The van der Waals surface area contributed by atoms with Crippen molar-refractivity contribution in [3.63, 3.8) is 0 Å². The Balaban J connectivity index is 1.98. The molecule has 1 heterocycles. The van der Waals surface area contributed by atoms with E-state index in [9.17, 15) is 9.59 Å². The Morgan fingerprint density at radius 3 is 2.11 bits per heavy atom. The standard InChI is InChI=1S/C22H34N2O3/c1-16-17(2)19(27-6)9-8-18(16)14-20(25)23-10-7-11-24(13-12-23)21(26)15-22(3,4)5/h8-9H,7,10-15H2,1-6H3. The van der Waals surface area contributed by atoms with Crippen LogP contribution in [0.4, 0.5) is 0 Å². The molecular formula is C22H34N2O3. The minimum atomic E-state index is -0.0113. The molecular weight excluding hydrogens is 340 g/mol. The van der Waals surface area contributed by atoms with Gasteiger partial charge >= 0.3 is 0 Å². The lowest BCUT2D eigenvalue weighted by Gasteiger charge is -2.26. The van der Waals surface area contributed by atoms with E-state index in [0.717, 1.165) is 35.4 Å². The molecule has 0 aliphatic carbocycles. The Kier molecular flexibility index (Phi) is 6.90. The number of hydrogen-bond donors (Lipinski definition) is 0. The Hall–Kier alpha value is -2.04. The van der Waals surface area contributed by atoms with Gasteiger partial charge in [-0.2, -0.15) is 0 Å². The Morgan fingerprint density at radius 1 is 0.963 bits per heavy atom. The minimum Gasteiger partial charge on any atom is -0.496 e. The zero-order valence-corrected chi connectivity index (χ0v) is 17.7. The van der Waals surface area contributed by atoms with Crippen LogP contribution >= 0.6 is 0 Å². The van der Waals surface area contributed by atoms with Crippen LogP contribution in [0.2, 0.25) is 0 Å². The molecule has 2 rings (SSSR count). The van der Waals surface area contributed by atoms with Crippen molar-refractivity contribution < 1.29 is 14.3 Å². The summed E-state index contributed by atoms with van der Waals surface area (Å²) >= 11 is 0. The van der Waals surface area contributed by atoms with Crippen LogP contribution in [0, 0.1) is 19.3 Å². The monoisotopic (exact) mass is 374 g/mol. The van der Waals surface area contributed by atoms with Gasteiger partial charge in [-0.25, -0.2) is 0 Å². The van der Waals surface area contributed by atoms with Crippen molar-refractivity contribution in [3.8, 4) is 5.75 Å². The van der Waals surface area contributed by atoms with Crippen LogP contribution in [0.15, 0.2) is 12.1 Å². The lowest BCUT2D eigenvalue weighted by molar-refractivity contribution is -0.134. The molecule has 1 saturated heterocycles. The van der Waals surface area contributed by atoms with Crippen molar-refractivity contribution in [1.29, 1.82) is 0 Å². The van der Waals surface area contributed by atoms with E-state index in [-0.39, 0.29) is 17.2 Å². The summed E-state index contributed by atoms with van der Waals surface area (Å²) in [5, 5.41) is 0. The molecule has 1 aromatic carbocycles. The van der Waals surface area contributed by atoms with E-state index >= 15 is 0 Å². The van der Waals surface area contributed by atoms with Crippen molar-refractivity contribution in [2.24, 2.45) is 5.41 Å². The van der Waals surface area contributed by atoms with Gasteiger partial charge in [-0.3, -0.25) is 9.59 Å². The van der Waals surface area contributed by atoms with Crippen molar-refractivity contribution in [3.05, 3.63) is 28.8 Å². The zero-order chi connectivity index (χ0) is 20.2. The highest BCUT2D eigenvalue weighted by atomic mass is 16.5. The van der Waals surface area contributed by atoms with E-state index < -0.39 is 0 Å². The number of benzene rings is 1. The molecule has 1 aromatic rings. The van der Waals surface area contributed by atoms with Gasteiger partial charge in [-0.05, 0) is 48.4 Å². The first-order chi connectivity index (χ1) is 12.6. The van der Waals surface area contributed by atoms with Crippen LogP contribution in [0.5, 0.6) is 5.75 Å². The van der Waals surface area contributed by atoms with Gasteiger partial charge in [0.05, 0.1) is 13.5 Å². The van der Waals surface area contributed by atoms with Crippen molar-refractivity contribution in [2.45, 2.75) is 53.9 Å². The summed E-state index contributed by atoms with van der Waals surface area (Å²) in [7, 11) is 1.66. The number of carbonyl (C=O) groups is 2. The Labute approximate surface area is 163 Å². The summed E-state index contributed by atoms with van der Waals surface area (Å²) in [4.78, 5) is 29.1. The van der Waals surface area contributed by atoms with Crippen LogP contribution < -0.4 is 4.74 Å². The minimum absolute atomic E-state index is 0.0113. The van der Waals surface area contributed by atoms with Crippen molar-refractivity contribution in [2.75, 3.05) is 33.3 Å². The number of rotatable bonds is 4. The molecule has 27 heavy (non-hydrogen) atoms. The lowest BCUT2D eigenvalue weighted by Crippen LogP contribution is -2.39. The number of hydrogen-bond acceptors (Lipinski definition) is 3. The SMILES string of the molecule is COc1ccc(CC(=O)N2CCCN(C(=O)CC(C)(C)C)CC2)c(C)c1C. The fourth-order valence-corrected chi connectivity index (χ4v) is 3.52. The first-order valence-corrected chi connectivity index (χ1v) is 9.81. The average Bonchev–Trinajstić information content (AvgIpc) is 2.84. The molecule has 0 spiro atoms. The molecule has 5 nitrogen and oxygen atoms in total. The molecule has 2 amide bonds. The van der Waals surface area contributed by atoms with E-state index in [2.05, 4.69) is 20.8 Å². The fraction of sp³-hybridized carbons (Fsp3) is 0.636. The third kappa shape index (κ3) is 5.72. The smallest absolute Gasteiger partial charge is 0.227 e. The van der Waals surface area contributed by atoms with Gasteiger partial charge in [0.15, 0.2) is 0 Å². The molecule has 0 unspecified atom stereocenters. The molecule has 0 saturated carbocycles. The summed E-state index contributed by atoms with van der Waals surface area (Å²) in [6.07, 6.45) is 1.78. The Bertz CT molecular complexity index is 692. The van der Waals surface area contributed by atoms with Gasteiger partial charge in [0.2, 0.25) is 11.8 Å². The first kappa shape index (κ1) is 21.3. The van der Waals surface area contributed by atoms with E-state index in [1.165, 1.54) is 0 Å². The summed E-state index contributed by atoms with van der Waals surface area (Å²) in [5.41, 5.74) is 3.23. The van der Waals surface area contributed by atoms with E-state index in [0.29, 0.717) is 32.5 Å². The maximum Gasteiger partial charge on any atom is 0.227 e. The summed E-state index contributed by atoms with van der Waals surface area (Å²) < 4.78 is 5.35. The maximum atomic E-state index is 12.8. The molecule has 0 N–H and O–H groups in total. The third-order valence-corrected chi connectivity index (χ3v) is 5.29. The summed E-state index contributed by atoms with van der Waals surface area (Å²) in [6.45, 7) is 13.0. The molecule has 1 fully saturated rings. The van der Waals surface area contributed by atoms with Crippen molar-refractivity contribution >= 4 is 11.8 Å². The molecule has 0 bridgehead atoms. The second-order valence-electron chi connectivity index (χ2n) is 8.71. The third-order valence-electron chi connectivity index (χ3n) is 5.29. The van der Waals surface area contributed by atoms with Gasteiger partial charge in [-0.1, -0.05) is 26.8 Å². The van der Waals surface area contributed by atoms with Gasteiger partial charge in [0.1, 0.15) is 5.75 Å². The maximum absolute atomic E-state index is 12.8.